The van der Waals surface area contributed by atoms with E-state index in [1.165, 1.54) is 34.1 Å². The van der Waals surface area contributed by atoms with Gasteiger partial charge in [-0.15, -0.1) is 23.1 Å². The first-order valence-electron chi connectivity index (χ1n) is 9.32. The van der Waals surface area contributed by atoms with E-state index in [9.17, 15) is 18.8 Å². The molecule has 1 amide bonds. The topological polar surface area (TPSA) is 73.1 Å². The van der Waals surface area contributed by atoms with Crippen molar-refractivity contribution in [2.75, 3.05) is 11.6 Å². The predicted octanol–water partition coefficient (Wildman–Crippen LogP) is 4.02. The highest BCUT2D eigenvalue weighted by molar-refractivity contribution is 7.98. The smallest absolute Gasteiger partial charge is 0.324 e. The number of aromatic nitrogens is 2. The zero-order valence-electron chi connectivity index (χ0n) is 16.7. The fourth-order valence-corrected chi connectivity index (χ4v) is 4.65. The van der Waals surface area contributed by atoms with Crippen molar-refractivity contribution in [3.8, 4) is 5.69 Å². The number of hydrogen-bond donors (Lipinski definition) is 1. The zero-order chi connectivity index (χ0) is 22.1. The Kier molecular flexibility index (Phi) is 5.79. The van der Waals surface area contributed by atoms with Crippen molar-refractivity contribution in [1.82, 2.24) is 9.13 Å². The predicted molar refractivity (Wildman–Crippen MR) is 123 cm³/mol. The van der Waals surface area contributed by atoms with Crippen molar-refractivity contribution in [3.05, 3.63) is 86.1 Å². The van der Waals surface area contributed by atoms with Gasteiger partial charge in [0.25, 0.3) is 5.56 Å². The van der Waals surface area contributed by atoms with E-state index in [4.69, 9.17) is 0 Å². The third-order valence-electron chi connectivity index (χ3n) is 4.81. The molecule has 158 valence electrons. The van der Waals surface area contributed by atoms with Crippen LogP contribution in [0.1, 0.15) is 5.56 Å². The minimum absolute atomic E-state index is 0.268. The maximum atomic E-state index is 13.6. The average Bonchev–Trinajstić information content (AvgIpc) is 3.23. The third-order valence-corrected chi connectivity index (χ3v) is 6.43. The van der Waals surface area contributed by atoms with Gasteiger partial charge in [-0.3, -0.25) is 14.2 Å². The first-order valence-corrected chi connectivity index (χ1v) is 11.4. The van der Waals surface area contributed by atoms with Gasteiger partial charge in [0.1, 0.15) is 17.1 Å². The molecule has 0 unspecified atom stereocenters. The number of thiophene rings is 1. The summed E-state index contributed by atoms with van der Waals surface area (Å²) in [7, 11) is 0. The lowest BCUT2D eigenvalue weighted by Gasteiger charge is -2.14. The highest BCUT2D eigenvalue weighted by Crippen LogP contribution is 2.20. The summed E-state index contributed by atoms with van der Waals surface area (Å²) < 4.78 is 16.2. The number of anilines is 1. The van der Waals surface area contributed by atoms with E-state index < -0.39 is 23.0 Å². The van der Waals surface area contributed by atoms with Crippen LogP contribution in [0.3, 0.4) is 0 Å². The highest BCUT2D eigenvalue weighted by atomic mass is 32.2. The van der Waals surface area contributed by atoms with Crippen molar-refractivity contribution >= 4 is 44.9 Å². The van der Waals surface area contributed by atoms with E-state index in [0.717, 1.165) is 9.46 Å². The molecule has 0 aliphatic rings. The Labute approximate surface area is 185 Å². The van der Waals surface area contributed by atoms with E-state index in [1.54, 1.807) is 36.2 Å². The fourth-order valence-electron chi connectivity index (χ4n) is 3.37. The lowest BCUT2D eigenvalue weighted by Crippen LogP contribution is -2.40. The minimum atomic E-state index is -0.654. The van der Waals surface area contributed by atoms with Crippen LogP contribution in [0.25, 0.3) is 15.9 Å². The number of amides is 1. The number of hydrogen-bond acceptors (Lipinski definition) is 5. The van der Waals surface area contributed by atoms with Crippen molar-refractivity contribution < 1.29 is 9.18 Å². The number of carbonyl (C=O) groups is 1. The molecule has 0 saturated carbocycles. The largest absolute Gasteiger partial charge is 0.336 e. The van der Waals surface area contributed by atoms with Crippen molar-refractivity contribution in [1.29, 1.82) is 0 Å². The first-order chi connectivity index (χ1) is 14.9. The van der Waals surface area contributed by atoms with E-state index in [-0.39, 0.29) is 12.2 Å². The van der Waals surface area contributed by atoms with Gasteiger partial charge in [0.2, 0.25) is 5.91 Å². The van der Waals surface area contributed by atoms with Crippen LogP contribution in [0, 0.1) is 12.7 Å². The summed E-state index contributed by atoms with van der Waals surface area (Å²) in [5.41, 5.74) is 0.597. The fraction of sp³-hybridized carbons (Fsp3) is 0.136. The molecule has 9 heteroatoms. The molecular weight excluding hydrogens is 437 g/mol. The van der Waals surface area contributed by atoms with Gasteiger partial charge in [0, 0.05) is 10.6 Å². The van der Waals surface area contributed by atoms with Crippen LogP contribution < -0.4 is 16.6 Å². The molecule has 0 bridgehead atoms. The number of nitrogens with one attached hydrogen (secondary N) is 1. The molecule has 2 heterocycles. The molecule has 0 spiro atoms. The second-order valence-electron chi connectivity index (χ2n) is 6.86. The van der Waals surface area contributed by atoms with Crippen LogP contribution in [-0.2, 0) is 11.3 Å². The maximum Gasteiger partial charge on any atom is 0.336 e. The molecule has 4 rings (SSSR count). The molecule has 0 saturated heterocycles. The SMILES string of the molecule is CSc1cccc(NC(=O)Cn2c(=O)n(-c3ccc(F)cc3C)c(=O)c3sccc32)c1. The second kappa shape index (κ2) is 8.52. The Morgan fingerprint density at radius 1 is 1.16 bits per heavy atom. The Morgan fingerprint density at radius 2 is 1.97 bits per heavy atom. The van der Waals surface area contributed by atoms with Crippen LogP contribution in [0.4, 0.5) is 10.1 Å². The van der Waals surface area contributed by atoms with Gasteiger partial charge in [-0.05, 0) is 66.6 Å². The van der Waals surface area contributed by atoms with Crippen LogP contribution in [0.15, 0.2) is 68.4 Å². The van der Waals surface area contributed by atoms with E-state index in [0.29, 0.717) is 21.5 Å². The van der Waals surface area contributed by atoms with Gasteiger partial charge in [-0.2, -0.15) is 0 Å². The van der Waals surface area contributed by atoms with Crippen LogP contribution >= 0.6 is 23.1 Å². The van der Waals surface area contributed by atoms with Crippen molar-refractivity contribution in [3.63, 3.8) is 0 Å². The summed E-state index contributed by atoms with van der Waals surface area (Å²) in [6.45, 7) is 1.36. The number of fused-ring (bicyclic) bond motifs is 1. The summed E-state index contributed by atoms with van der Waals surface area (Å²) >= 11 is 2.74. The summed E-state index contributed by atoms with van der Waals surface area (Å²) in [5.74, 6) is -0.854. The van der Waals surface area contributed by atoms with E-state index in [2.05, 4.69) is 5.32 Å². The lowest BCUT2D eigenvalue weighted by molar-refractivity contribution is -0.116. The molecule has 2 aromatic heterocycles. The van der Waals surface area contributed by atoms with Gasteiger partial charge in [-0.25, -0.2) is 13.8 Å². The van der Waals surface area contributed by atoms with Crippen LogP contribution in [-0.4, -0.2) is 21.3 Å². The molecule has 6 nitrogen and oxygen atoms in total. The Morgan fingerprint density at radius 3 is 2.71 bits per heavy atom. The summed E-state index contributed by atoms with van der Waals surface area (Å²) in [6.07, 6.45) is 1.94. The molecule has 0 atom stereocenters. The van der Waals surface area contributed by atoms with Crippen LogP contribution in [0.2, 0.25) is 0 Å². The van der Waals surface area contributed by atoms with Gasteiger partial charge in [-0.1, -0.05) is 6.07 Å². The standard InChI is InChI=1S/C22H18FN3O3S2/c1-13-10-14(23)6-7-17(13)26-21(28)20-18(8-9-31-20)25(22(26)29)12-19(27)24-15-4-3-5-16(11-15)30-2/h3-11H,12H2,1-2H3,(H,24,27). The number of thioether (sulfide) groups is 1. The number of aryl methyl sites for hydroxylation is 1. The zero-order valence-corrected chi connectivity index (χ0v) is 18.3. The summed E-state index contributed by atoms with van der Waals surface area (Å²) in [4.78, 5) is 40.0. The molecule has 0 radical (unpaired) electrons. The van der Waals surface area contributed by atoms with E-state index in [1.807, 2.05) is 24.5 Å². The lowest BCUT2D eigenvalue weighted by atomic mass is 10.2. The summed E-state index contributed by atoms with van der Waals surface area (Å²) in [5, 5.41) is 4.49. The number of rotatable bonds is 5. The van der Waals surface area contributed by atoms with Crippen molar-refractivity contribution in [2.45, 2.75) is 18.4 Å². The quantitative estimate of drug-likeness (QED) is 0.462. The van der Waals surface area contributed by atoms with Gasteiger partial charge < -0.3 is 5.32 Å². The second-order valence-corrected chi connectivity index (χ2v) is 8.65. The third kappa shape index (κ3) is 4.06. The number of benzene rings is 2. The van der Waals surface area contributed by atoms with Gasteiger partial charge in [0.15, 0.2) is 0 Å². The number of nitrogens with zero attached hydrogens (tertiary/aromatic N) is 2. The summed E-state index contributed by atoms with van der Waals surface area (Å²) in [6, 6.07) is 12.9. The number of halogens is 1. The molecule has 31 heavy (non-hydrogen) atoms. The minimum Gasteiger partial charge on any atom is -0.324 e. The maximum absolute atomic E-state index is 13.6. The molecule has 0 aliphatic heterocycles. The Bertz CT molecular complexity index is 1420. The Balaban J connectivity index is 1.79. The Hall–Kier alpha value is -3.17. The van der Waals surface area contributed by atoms with Gasteiger partial charge in [0.05, 0.1) is 11.2 Å². The van der Waals surface area contributed by atoms with Crippen LogP contribution in [0.5, 0.6) is 0 Å². The highest BCUT2D eigenvalue weighted by Gasteiger charge is 2.19. The molecule has 0 aliphatic carbocycles. The monoisotopic (exact) mass is 455 g/mol. The van der Waals surface area contributed by atoms with E-state index >= 15 is 0 Å². The molecule has 0 fully saturated rings. The average molecular weight is 456 g/mol. The van der Waals surface area contributed by atoms with Gasteiger partial charge >= 0.3 is 5.69 Å². The van der Waals surface area contributed by atoms with Crippen molar-refractivity contribution in [2.24, 2.45) is 0 Å². The first kappa shape index (κ1) is 21.1. The molecule has 1 N–H and O–H groups in total. The molecular formula is C22H18FN3O3S2. The number of carbonyl (C=O) groups excluding carboxylic acids is 1. The molecule has 4 aromatic rings. The molecule has 2 aromatic carbocycles. The normalized spacial score (nSPS) is 11.1.